The van der Waals surface area contributed by atoms with Gasteiger partial charge in [0.1, 0.15) is 11.9 Å². The van der Waals surface area contributed by atoms with Gasteiger partial charge >= 0.3 is 0 Å². The SMILES string of the molecule is CC(C#N)(OCCCO)c1ccc(F)cc1Cl. The highest BCUT2D eigenvalue weighted by atomic mass is 35.5. The van der Waals surface area contributed by atoms with Crippen LogP contribution in [-0.4, -0.2) is 18.3 Å². The van der Waals surface area contributed by atoms with Gasteiger partial charge in [-0.2, -0.15) is 5.26 Å². The fraction of sp³-hybridized carbons (Fsp3) is 0.417. The lowest BCUT2D eigenvalue weighted by Gasteiger charge is -2.23. The topological polar surface area (TPSA) is 53.2 Å². The second kappa shape index (κ2) is 5.97. The van der Waals surface area contributed by atoms with Crippen molar-refractivity contribution >= 4 is 11.6 Å². The van der Waals surface area contributed by atoms with Gasteiger partial charge in [-0.1, -0.05) is 17.7 Å². The predicted octanol–water partition coefficient (Wildman–Crippen LogP) is 2.62. The van der Waals surface area contributed by atoms with Gasteiger partial charge in [-0.05, 0) is 25.5 Å². The summed E-state index contributed by atoms with van der Waals surface area (Å²) < 4.78 is 18.3. The van der Waals surface area contributed by atoms with Crippen LogP contribution < -0.4 is 0 Å². The maximum atomic E-state index is 12.9. The molecule has 0 saturated carbocycles. The fourth-order valence-electron chi connectivity index (χ4n) is 1.39. The van der Waals surface area contributed by atoms with E-state index in [9.17, 15) is 4.39 Å². The van der Waals surface area contributed by atoms with Gasteiger partial charge in [0.25, 0.3) is 0 Å². The molecule has 1 aromatic rings. The summed E-state index contributed by atoms with van der Waals surface area (Å²) in [6.45, 7) is 1.77. The third-order valence-electron chi connectivity index (χ3n) is 2.35. The lowest BCUT2D eigenvalue weighted by atomic mass is 9.97. The summed E-state index contributed by atoms with van der Waals surface area (Å²) in [5.41, 5.74) is -0.819. The third-order valence-corrected chi connectivity index (χ3v) is 2.66. The summed E-state index contributed by atoms with van der Waals surface area (Å²) in [5.74, 6) is -0.464. The van der Waals surface area contributed by atoms with Crippen molar-refractivity contribution in [1.82, 2.24) is 0 Å². The number of nitriles is 1. The summed E-state index contributed by atoms with van der Waals surface area (Å²) in [6.07, 6.45) is 0.427. The molecule has 0 heterocycles. The highest BCUT2D eigenvalue weighted by molar-refractivity contribution is 6.31. The molecule has 0 aliphatic carbocycles. The molecule has 0 spiro atoms. The predicted molar refractivity (Wildman–Crippen MR) is 62.0 cm³/mol. The molecule has 3 nitrogen and oxygen atoms in total. The van der Waals surface area contributed by atoms with Crippen LogP contribution in [0.2, 0.25) is 5.02 Å². The van der Waals surface area contributed by atoms with E-state index in [0.717, 1.165) is 6.07 Å². The molecule has 1 rings (SSSR count). The monoisotopic (exact) mass is 257 g/mol. The Balaban J connectivity index is 2.96. The molecule has 0 aliphatic rings. The van der Waals surface area contributed by atoms with Crippen LogP contribution in [0, 0.1) is 17.1 Å². The van der Waals surface area contributed by atoms with Crippen LogP contribution in [0.25, 0.3) is 0 Å². The molecule has 92 valence electrons. The number of hydrogen-bond donors (Lipinski definition) is 1. The minimum atomic E-state index is -1.24. The summed E-state index contributed by atoms with van der Waals surface area (Å²) >= 11 is 5.88. The molecule has 0 fully saturated rings. The zero-order chi connectivity index (χ0) is 12.9. The van der Waals surface area contributed by atoms with E-state index in [0.29, 0.717) is 12.0 Å². The quantitative estimate of drug-likeness (QED) is 0.825. The first-order chi connectivity index (χ1) is 8.03. The Labute approximate surface area is 104 Å². The average molecular weight is 258 g/mol. The fourth-order valence-corrected chi connectivity index (χ4v) is 1.74. The van der Waals surface area contributed by atoms with E-state index in [1.165, 1.54) is 12.1 Å². The Bertz CT molecular complexity index is 433. The van der Waals surface area contributed by atoms with Crippen molar-refractivity contribution in [2.24, 2.45) is 0 Å². The molecule has 5 heteroatoms. The van der Waals surface area contributed by atoms with E-state index in [-0.39, 0.29) is 18.2 Å². The van der Waals surface area contributed by atoms with Gasteiger partial charge in [0.15, 0.2) is 5.60 Å². The molecular weight excluding hydrogens is 245 g/mol. The number of rotatable bonds is 5. The number of aliphatic hydroxyl groups is 1. The Morgan fingerprint density at radius 3 is 2.82 bits per heavy atom. The molecular formula is C12H13ClFNO2. The molecule has 1 aromatic carbocycles. The molecule has 1 N–H and O–H groups in total. The highest BCUT2D eigenvalue weighted by Gasteiger charge is 2.29. The van der Waals surface area contributed by atoms with Crippen LogP contribution in [0.4, 0.5) is 4.39 Å². The lowest BCUT2D eigenvalue weighted by Crippen LogP contribution is -2.25. The van der Waals surface area contributed by atoms with Gasteiger partial charge in [0.2, 0.25) is 0 Å². The number of hydrogen-bond acceptors (Lipinski definition) is 3. The molecule has 1 unspecified atom stereocenters. The van der Waals surface area contributed by atoms with Crippen molar-refractivity contribution in [1.29, 1.82) is 5.26 Å². The largest absolute Gasteiger partial charge is 0.396 e. The van der Waals surface area contributed by atoms with Crippen molar-refractivity contribution in [3.05, 3.63) is 34.6 Å². The first kappa shape index (κ1) is 13.9. The third kappa shape index (κ3) is 3.40. The minimum absolute atomic E-state index is 0.0152. The summed E-state index contributed by atoms with van der Waals surface area (Å²) in [5, 5.41) is 18.0. The molecule has 0 aliphatic heterocycles. The summed E-state index contributed by atoms with van der Waals surface area (Å²) in [7, 11) is 0. The standard InChI is InChI=1S/C12H13ClFNO2/c1-12(8-15,17-6-2-5-16)10-4-3-9(14)7-11(10)13/h3-4,7,16H,2,5-6H2,1H3. The Morgan fingerprint density at radius 2 is 2.29 bits per heavy atom. The second-order valence-corrected chi connectivity index (χ2v) is 4.10. The van der Waals surface area contributed by atoms with E-state index in [2.05, 4.69) is 0 Å². The zero-order valence-corrected chi connectivity index (χ0v) is 10.2. The second-order valence-electron chi connectivity index (χ2n) is 3.69. The van der Waals surface area contributed by atoms with E-state index < -0.39 is 11.4 Å². The van der Waals surface area contributed by atoms with Crippen molar-refractivity contribution in [3.8, 4) is 6.07 Å². The van der Waals surface area contributed by atoms with E-state index >= 15 is 0 Å². The van der Waals surface area contributed by atoms with Gasteiger partial charge in [0.05, 0.1) is 11.6 Å². The Kier molecular flexibility index (Phi) is 4.88. The normalized spacial score (nSPS) is 14.1. The van der Waals surface area contributed by atoms with Crippen LogP contribution >= 0.6 is 11.6 Å². The number of benzene rings is 1. The van der Waals surface area contributed by atoms with Gasteiger partial charge in [0, 0.05) is 12.2 Å². The molecule has 0 aromatic heterocycles. The van der Waals surface area contributed by atoms with Gasteiger partial charge < -0.3 is 9.84 Å². The maximum absolute atomic E-state index is 12.9. The zero-order valence-electron chi connectivity index (χ0n) is 9.41. The van der Waals surface area contributed by atoms with Gasteiger partial charge in [-0.3, -0.25) is 0 Å². The van der Waals surface area contributed by atoms with E-state index in [4.69, 9.17) is 26.7 Å². The first-order valence-corrected chi connectivity index (χ1v) is 5.53. The molecule has 0 amide bonds. The molecule has 17 heavy (non-hydrogen) atoms. The van der Waals surface area contributed by atoms with Gasteiger partial charge in [-0.15, -0.1) is 0 Å². The summed E-state index contributed by atoms with van der Waals surface area (Å²) in [6, 6.07) is 5.80. The molecule has 0 saturated heterocycles. The van der Waals surface area contributed by atoms with Crippen molar-refractivity contribution in [3.63, 3.8) is 0 Å². The average Bonchev–Trinajstić information content (AvgIpc) is 2.29. The van der Waals surface area contributed by atoms with Crippen LogP contribution in [0.1, 0.15) is 18.9 Å². The summed E-state index contributed by atoms with van der Waals surface area (Å²) in [4.78, 5) is 0. The lowest BCUT2D eigenvalue weighted by molar-refractivity contribution is 0.00155. The number of aliphatic hydroxyl groups excluding tert-OH is 1. The van der Waals surface area contributed by atoms with Crippen molar-refractivity contribution < 1.29 is 14.2 Å². The maximum Gasteiger partial charge on any atom is 0.178 e. The number of ether oxygens (including phenoxy) is 1. The smallest absolute Gasteiger partial charge is 0.178 e. The van der Waals surface area contributed by atoms with Crippen LogP contribution in [0.3, 0.4) is 0 Å². The minimum Gasteiger partial charge on any atom is -0.396 e. The highest BCUT2D eigenvalue weighted by Crippen LogP contribution is 2.31. The van der Waals surface area contributed by atoms with Crippen molar-refractivity contribution in [2.45, 2.75) is 18.9 Å². The van der Waals surface area contributed by atoms with Crippen LogP contribution in [0.15, 0.2) is 18.2 Å². The Morgan fingerprint density at radius 1 is 1.59 bits per heavy atom. The van der Waals surface area contributed by atoms with E-state index in [1.807, 2.05) is 6.07 Å². The number of nitrogens with zero attached hydrogens (tertiary/aromatic N) is 1. The Hall–Kier alpha value is -1.15. The van der Waals surface area contributed by atoms with Crippen LogP contribution in [0.5, 0.6) is 0 Å². The molecule has 0 radical (unpaired) electrons. The van der Waals surface area contributed by atoms with Gasteiger partial charge in [-0.25, -0.2) is 4.39 Å². The molecule has 1 atom stereocenters. The van der Waals surface area contributed by atoms with Crippen molar-refractivity contribution in [2.75, 3.05) is 13.2 Å². The van der Waals surface area contributed by atoms with Crippen LogP contribution in [-0.2, 0) is 10.3 Å². The van der Waals surface area contributed by atoms with E-state index in [1.54, 1.807) is 6.92 Å². The number of halogens is 2. The first-order valence-electron chi connectivity index (χ1n) is 5.15. The molecule has 0 bridgehead atoms.